The first-order valence-electron chi connectivity index (χ1n) is 17.1. The lowest BCUT2D eigenvalue weighted by atomic mass is 9.91. The van der Waals surface area contributed by atoms with Crippen molar-refractivity contribution in [2.24, 2.45) is 0 Å². The maximum atomic E-state index is 13.7. The van der Waals surface area contributed by atoms with Crippen LogP contribution in [0.5, 0.6) is 0 Å². The van der Waals surface area contributed by atoms with Crippen molar-refractivity contribution in [3.8, 4) is 22.3 Å². The molecule has 0 fully saturated rings. The number of hydrogen-bond donors (Lipinski definition) is 1. The second-order valence-corrected chi connectivity index (χ2v) is 13.2. The molecule has 9 aromatic rings. The number of allylic oxidation sites excluding steroid dienone is 2. The zero-order chi connectivity index (χ0) is 34.8. The highest BCUT2D eigenvalue weighted by Crippen LogP contribution is 2.38. The van der Waals surface area contributed by atoms with E-state index in [4.69, 9.17) is 0 Å². The van der Waals surface area contributed by atoms with Gasteiger partial charge in [0.25, 0.3) is 5.56 Å². The van der Waals surface area contributed by atoms with Crippen molar-refractivity contribution in [2.75, 3.05) is 0 Å². The molecule has 240 valence electrons. The number of fused-ring (bicyclic) bond motifs is 10. The second-order valence-electron chi connectivity index (χ2n) is 13.2. The third-order valence-electron chi connectivity index (χ3n) is 10.4. The Bertz CT molecular complexity index is 3260. The normalized spacial score (nSPS) is 12.5. The van der Waals surface area contributed by atoms with Crippen LogP contribution in [-0.2, 0) is 0 Å². The molecule has 0 spiro atoms. The number of aromatic nitrogens is 1. The number of H-pyrrole nitrogens is 1. The summed E-state index contributed by atoms with van der Waals surface area (Å²) in [4.78, 5) is 16.9. The van der Waals surface area contributed by atoms with E-state index in [1.165, 1.54) is 32.3 Å². The number of aromatic amines is 1. The van der Waals surface area contributed by atoms with Crippen molar-refractivity contribution < 1.29 is 0 Å². The Balaban J connectivity index is 1.18. The summed E-state index contributed by atoms with van der Waals surface area (Å²) in [6, 6.07) is 42.8. The Morgan fingerprint density at radius 1 is 0.412 bits per heavy atom. The first kappa shape index (κ1) is 30.3. The quantitative estimate of drug-likeness (QED) is 0.189. The van der Waals surface area contributed by atoms with Crippen LogP contribution in [0.1, 0.15) is 0 Å². The summed E-state index contributed by atoms with van der Waals surface area (Å²) in [6.45, 7) is 16.5. The summed E-state index contributed by atoms with van der Waals surface area (Å²) in [7, 11) is 0. The number of nitrogens with one attached hydrogen (secondary N) is 1. The van der Waals surface area contributed by atoms with Crippen molar-refractivity contribution in [3.63, 3.8) is 0 Å². The first-order chi connectivity index (χ1) is 24.9. The van der Waals surface area contributed by atoms with Crippen molar-refractivity contribution in [1.29, 1.82) is 0 Å². The molecular weight excluding hydrogens is 619 g/mol. The predicted octanol–water partition coefficient (Wildman–Crippen LogP) is 9.38. The van der Waals surface area contributed by atoms with Crippen LogP contribution in [-0.4, -0.2) is 4.98 Å². The lowest BCUT2D eigenvalue weighted by Gasteiger charge is -2.13. The lowest BCUT2D eigenvalue weighted by molar-refractivity contribution is 1.34. The molecule has 1 N–H and O–H groups in total. The van der Waals surface area contributed by atoms with Gasteiger partial charge in [-0.2, -0.15) is 0 Å². The van der Waals surface area contributed by atoms with E-state index in [2.05, 4.69) is 147 Å². The van der Waals surface area contributed by atoms with Gasteiger partial charge in [0.1, 0.15) is 0 Å². The zero-order valence-corrected chi connectivity index (χ0v) is 28.1. The molecule has 0 amide bonds. The summed E-state index contributed by atoms with van der Waals surface area (Å²) in [5.41, 5.74) is 4.83. The van der Waals surface area contributed by atoms with Gasteiger partial charge in [0.05, 0.1) is 0 Å². The topological polar surface area (TPSA) is 32.9 Å². The van der Waals surface area contributed by atoms with Crippen LogP contribution in [0.4, 0.5) is 0 Å². The lowest BCUT2D eigenvalue weighted by Crippen LogP contribution is -2.47. The monoisotopic (exact) mass is 651 g/mol. The first-order valence-corrected chi connectivity index (χ1v) is 17.1. The molecule has 0 unspecified atom stereocenters. The number of rotatable bonds is 4. The van der Waals surface area contributed by atoms with E-state index in [0.29, 0.717) is 5.39 Å². The van der Waals surface area contributed by atoms with E-state index in [1.807, 2.05) is 18.2 Å². The molecule has 0 radical (unpaired) electrons. The van der Waals surface area contributed by atoms with Gasteiger partial charge < -0.3 is 4.98 Å². The summed E-state index contributed by atoms with van der Waals surface area (Å²) >= 11 is 0. The van der Waals surface area contributed by atoms with E-state index in [-0.39, 0.29) is 5.56 Å². The minimum absolute atomic E-state index is 0.107. The summed E-state index contributed by atoms with van der Waals surface area (Å²) in [5.74, 6) is 0. The number of benzene rings is 8. The van der Waals surface area contributed by atoms with Gasteiger partial charge in [0, 0.05) is 16.3 Å². The average Bonchev–Trinajstić information content (AvgIpc) is 3.17. The van der Waals surface area contributed by atoms with Gasteiger partial charge in [-0.25, -0.2) is 0 Å². The van der Waals surface area contributed by atoms with Gasteiger partial charge in [-0.05, 0) is 116 Å². The van der Waals surface area contributed by atoms with Gasteiger partial charge in [0.15, 0.2) is 0 Å². The molecule has 0 aliphatic heterocycles. The number of pyridine rings is 1. The standard InChI is InChI=1S/C49H33NO/c1-5-11-35-29(3)30(4)36(12-6-2)45-25-32(17-21-41(35)45)34-20-24-44-43-23-19-33(27-47(43)49(51)50-48(44)28-34)31-18-22-42-39-15-8-7-13-37(39)38-14-9-10-16-40(38)46(42)26-31/h5-28H,1-4H2,(H,50,51)/b35-11+,36-12+. The van der Waals surface area contributed by atoms with Gasteiger partial charge >= 0.3 is 0 Å². The van der Waals surface area contributed by atoms with Gasteiger partial charge in [-0.1, -0.05) is 148 Å². The average molecular weight is 652 g/mol. The second kappa shape index (κ2) is 11.7. The van der Waals surface area contributed by atoms with Crippen LogP contribution in [0.2, 0.25) is 0 Å². The van der Waals surface area contributed by atoms with E-state index in [9.17, 15) is 4.79 Å². The van der Waals surface area contributed by atoms with E-state index in [1.54, 1.807) is 12.2 Å². The summed E-state index contributed by atoms with van der Waals surface area (Å²) in [5, 5.41) is 15.9. The fraction of sp³-hybridized carbons (Fsp3) is 0. The summed E-state index contributed by atoms with van der Waals surface area (Å²) in [6.07, 6.45) is 7.54. The highest BCUT2D eigenvalue weighted by atomic mass is 16.1. The van der Waals surface area contributed by atoms with E-state index < -0.39 is 0 Å². The van der Waals surface area contributed by atoms with Gasteiger partial charge in [-0.3, -0.25) is 4.79 Å². The highest BCUT2D eigenvalue weighted by Gasteiger charge is 2.13. The van der Waals surface area contributed by atoms with Crippen LogP contribution in [0.3, 0.4) is 0 Å². The predicted molar refractivity (Wildman–Crippen MR) is 222 cm³/mol. The molecule has 1 heterocycles. The van der Waals surface area contributed by atoms with E-state index in [0.717, 1.165) is 70.2 Å². The van der Waals surface area contributed by atoms with Gasteiger partial charge in [-0.15, -0.1) is 0 Å². The molecule has 1 aromatic heterocycles. The molecule has 2 heteroatoms. The molecule has 0 aliphatic carbocycles. The Hall–Kier alpha value is -6.77. The van der Waals surface area contributed by atoms with E-state index >= 15 is 0 Å². The maximum Gasteiger partial charge on any atom is 0.256 e. The third kappa shape index (κ3) is 4.69. The SMILES string of the molecule is C=C/C=c1\c(=C)c(=C)/c(=C\C=C)c2cc(-c3ccc4c(c3)[nH]c(=O)c3cc(-c5ccc6c7ccccc7c7ccccc7c6c5)ccc34)ccc12. The van der Waals surface area contributed by atoms with Gasteiger partial charge in [0.2, 0.25) is 0 Å². The fourth-order valence-corrected chi connectivity index (χ4v) is 7.93. The largest absolute Gasteiger partial charge is 0.321 e. The van der Waals surface area contributed by atoms with Crippen molar-refractivity contribution in [2.45, 2.75) is 0 Å². The van der Waals surface area contributed by atoms with Crippen molar-refractivity contribution in [3.05, 3.63) is 178 Å². The molecule has 0 aliphatic rings. The molecule has 0 saturated carbocycles. The van der Waals surface area contributed by atoms with Crippen LogP contribution in [0.25, 0.3) is 112 Å². The fourth-order valence-electron chi connectivity index (χ4n) is 7.93. The zero-order valence-electron chi connectivity index (χ0n) is 28.1. The van der Waals surface area contributed by atoms with Crippen molar-refractivity contribution >= 4 is 90.1 Å². The Morgan fingerprint density at radius 3 is 1.35 bits per heavy atom. The minimum Gasteiger partial charge on any atom is -0.321 e. The number of hydrogen-bond acceptors (Lipinski definition) is 1. The smallest absolute Gasteiger partial charge is 0.256 e. The Morgan fingerprint density at radius 2 is 0.804 bits per heavy atom. The third-order valence-corrected chi connectivity index (χ3v) is 10.4. The van der Waals surface area contributed by atoms with Crippen molar-refractivity contribution in [1.82, 2.24) is 4.98 Å². The molecule has 0 bridgehead atoms. The van der Waals surface area contributed by atoms with Crippen LogP contribution in [0, 0.1) is 0 Å². The molecule has 0 atom stereocenters. The molecule has 9 rings (SSSR count). The summed E-state index contributed by atoms with van der Waals surface area (Å²) < 4.78 is 0. The molecule has 51 heavy (non-hydrogen) atoms. The molecule has 8 aromatic carbocycles. The highest BCUT2D eigenvalue weighted by molar-refractivity contribution is 6.25. The maximum absolute atomic E-state index is 13.7. The van der Waals surface area contributed by atoms with Crippen LogP contribution in [0.15, 0.2) is 151 Å². The minimum atomic E-state index is -0.107. The Kier molecular flexibility index (Phi) is 6.94. The molecule has 0 saturated heterocycles. The molecular formula is C49H33NO. The van der Waals surface area contributed by atoms with Crippen LogP contribution < -0.4 is 26.4 Å². The Labute approximate surface area is 294 Å². The molecule has 2 nitrogen and oxygen atoms in total. The van der Waals surface area contributed by atoms with Crippen LogP contribution >= 0.6 is 0 Å².